The molecule has 1 atom stereocenters. The third-order valence-corrected chi connectivity index (χ3v) is 3.63. The summed E-state index contributed by atoms with van der Waals surface area (Å²) in [6.07, 6.45) is 2.01. The number of phenolic OH excluding ortho intramolecular Hbond substituents is 1. The Balaban J connectivity index is 2.14. The summed E-state index contributed by atoms with van der Waals surface area (Å²) < 4.78 is 0.947. The lowest BCUT2D eigenvalue weighted by atomic mass is 10.1. The summed E-state index contributed by atoms with van der Waals surface area (Å²) in [6, 6.07) is 5.42. The van der Waals surface area contributed by atoms with Gasteiger partial charge in [0.25, 0.3) is 0 Å². The van der Waals surface area contributed by atoms with Gasteiger partial charge in [0.2, 0.25) is 0 Å². The molecule has 1 saturated carbocycles. The number of phenols is 1. The summed E-state index contributed by atoms with van der Waals surface area (Å²) in [6.45, 7) is 2.16. The van der Waals surface area contributed by atoms with E-state index in [-0.39, 0.29) is 23.9 Å². The SMILES string of the molecule is CC(NC1(CO)CC1)c1cc(Br)ccc1O. The molecule has 0 spiro atoms. The van der Waals surface area contributed by atoms with Crippen molar-refractivity contribution in [2.75, 3.05) is 6.61 Å². The maximum absolute atomic E-state index is 9.77. The Hall–Kier alpha value is -0.580. The highest BCUT2D eigenvalue weighted by Gasteiger charge is 2.42. The van der Waals surface area contributed by atoms with E-state index in [4.69, 9.17) is 0 Å². The Morgan fingerprint density at radius 2 is 2.19 bits per heavy atom. The zero-order chi connectivity index (χ0) is 11.8. The van der Waals surface area contributed by atoms with Gasteiger partial charge in [-0.15, -0.1) is 0 Å². The van der Waals surface area contributed by atoms with E-state index in [0.717, 1.165) is 22.9 Å². The quantitative estimate of drug-likeness (QED) is 0.796. The average molecular weight is 286 g/mol. The lowest BCUT2D eigenvalue weighted by Gasteiger charge is -2.22. The van der Waals surface area contributed by atoms with Crippen LogP contribution in [0.2, 0.25) is 0 Å². The van der Waals surface area contributed by atoms with Crippen molar-refractivity contribution in [2.45, 2.75) is 31.3 Å². The third kappa shape index (κ3) is 2.39. The van der Waals surface area contributed by atoms with Crippen LogP contribution in [0.3, 0.4) is 0 Å². The van der Waals surface area contributed by atoms with Gasteiger partial charge in [-0.25, -0.2) is 0 Å². The molecule has 1 fully saturated rings. The van der Waals surface area contributed by atoms with Crippen molar-refractivity contribution in [3.63, 3.8) is 0 Å². The molecule has 3 N–H and O–H groups in total. The molecule has 4 heteroatoms. The van der Waals surface area contributed by atoms with Gasteiger partial charge < -0.3 is 15.5 Å². The Labute approximate surface area is 104 Å². The maximum atomic E-state index is 9.77. The second kappa shape index (κ2) is 4.35. The van der Waals surface area contributed by atoms with E-state index in [1.807, 2.05) is 19.1 Å². The minimum absolute atomic E-state index is 0.0344. The predicted octanol–water partition coefficient (Wildman–Crippen LogP) is 2.33. The molecular weight excluding hydrogens is 270 g/mol. The fourth-order valence-electron chi connectivity index (χ4n) is 1.91. The lowest BCUT2D eigenvalue weighted by Crippen LogP contribution is -2.36. The Morgan fingerprint density at radius 3 is 2.75 bits per heavy atom. The number of halogens is 1. The van der Waals surface area contributed by atoms with Gasteiger partial charge in [-0.3, -0.25) is 0 Å². The summed E-state index contributed by atoms with van der Waals surface area (Å²) >= 11 is 3.39. The van der Waals surface area contributed by atoms with Crippen LogP contribution in [-0.2, 0) is 0 Å². The van der Waals surface area contributed by atoms with E-state index < -0.39 is 0 Å². The Morgan fingerprint density at radius 1 is 1.50 bits per heavy atom. The average Bonchev–Trinajstić information content (AvgIpc) is 3.02. The molecule has 1 aliphatic carbocycles. The number of hydrogen-bond donors (Lipinski definition) is 3. The summed E-state index contributed by atoms with van der Waals surface area (Å²) in [5, 5.41) is 22.4. The van der Waals surface area contributed by atoms with Crippen LogP contribution in [0.15, 0.2) is 22.7 Å². The van der Waals surface area contributed by atoms with Crippen molar-refractivity contribution < 1.29 is 10.2 Å². The Kier molecular flexibility index (Phi) is 3.24. The molecular formula is C12H16BrNO2. The molecule has 16 heavy (non-hydrogen) atoms. The van der Waals surface area contributed by atoms with Crippen molar-refractivity contribution in [2.24, 2.45) is 0 Å². The van der Waals surface area contributed by atoms with Crippen molar-refractivity contribution in [1.82, 2.24) is 5.32 Å². The lowest BCUT2D eigenvalue weighted by molar-refractivity contribution is 0.220. The van der Waals surface area contributed by atoms with E-state index in [1.165, 1.54) is 0 Å². The molecule has 2 rings (SSSR count). The number of benzene rings is 1. The second-order valence-corrected chi connectivity index (χ2v) is 5.42. The zero-order valence-corrected chi connectivity index (χ0v) is 10.8. The van der Waals surface area contributed by atoms with E-state index in [9.17, 15) is 10.2 Å². The van der Waals surface area contributed by atoms with Gasteiger partial charge in [0, 0.05) is 21.6 Å². The van der Waals surface area contributed by atoms with Crippen LogP contribution in [0.5, 0.6) is 5.75 Å². The fraction of sp³-hybridized carbons (Fsp3) is 0.500. The summed E-state index contributed by atoms with van der Waals surface area (Å²) in [7, 11) is 0. The summed E-state index contributed by atoms with van der Waals surface area (Å²) in [4.78, 5) is 0. The fourth-order valence-corrected chi connectivity index (χ4v) is 2.29. The number of aromatic hydroxyl groups is 1. The standard InChI is InChI=1S/C12H16BrNO2/c1-8(14-12(7-15)4-5-12)10-6-9(13)2-3-11(10)16/h2-3,6,8,14-16H,4-5,7H2,1H3. The molecule has 1 aliphatic rings. The minimum atomic E-state index is -0.117. The van der Waals surface area contributed by atoms with Gasteiger partial charge in [-0.05, 0) is 38.0 Å². The van der Waals surface area contributed by atoms with Crippen LogP contribution in [0.4, 0.5) is 0 Å². The van der Waals surface area contributed by atoms with E-state index in [2.05, 4.69) is 21.2 Å². The van der Waals surface area contributed by atoms with Crippen molar-refractivity contribution in [3.05, 3.63) is 28.2 Å². The van der Waals surface area contributed by atoms with Crippen LogP contribution < -0.4 is 5.32 Å². The highest BCUT2D eigenvalue weighted by molar-refractivity contribution is 9.10. The summed E-state index contributed by atoms with van der Waals surface area (Å²) in [5.74, 6) is 0.289. The number of aliphatic hydroxyl groups excluding tert-OH is 1. The highest BCUT2D eigenvalue weighted by Crippen LogP contribution is 2.38. The first-order valence-electron chi connectivity index (χ1n) is 5.43. The highest BCUT2D eigenvalue weighted by atomic mass is 79.9. The second-order valence-electron chi connectivity index (χ2n) is 4.51. The van der Waals surface area contributed by atoms with E-state index in [1.54, 1.807) is 6.07 Å². The van der Waals surface area contributed by atoms with Gasteiger partial charge in [0.05, 0.1) is 6.61 Å². The number of aliphatic hydroxyl groups is 1. The third-order valence-electron chi connectivity index (χ3n) is 3.13. The number of nitrogens with one attached hydrogen (secondary N) is 1. The molecule has 1 aromatic carbocycles. The van der Waals surface area contributed by atoms with Gasteiger partial charge in [0.1, 0.15) is 5.75 Å². The minimum Gasteiger partial charge on any atom is -0.508 e. The predicted molar refractivity (Wildman–Crippen MR) is 66.4 cm³/mol. The zero-order valence-electron chi connectivity index (χ0n) is 9.20. The molecule has 0 amide bonds. The monoisotopic (exact) mass is 285 g/mol. The topological polar surface area (TPSA) is 52.5 Å². The summed E-state index contributed by atoms with van der Waals surface area (Å²) in [5.41, 5.74) is 0.739. The van der Waals surface area contributed by atoms with Crippen molar-refractivity contribution in [1.29, 1.82) is 0 Å². The number of rotatable bonds is 4. The largest absolute Gasteiger partial charge is 0.508 e. The molecule has 0 saturated heterocycles. The molecule has 1 aromatic rings. The molecule has 0 aliphatic heterocycles. The van der Waals surface area contributed by atoms with Gasteiger partial charge in [-0.1, -0.05) is 15.9 Å². The smallest absolute Gasteiger partial charge is 0.120 e. The maximum Gasteiger partial charge on any atom is 0.120 e. The molecule has 0 bridgehead atoms. The van der Waals surface area contributed by atoms with Crippen molar-refractivity contribution in [3.8, 4) is 5.75 Å². The van der Waals surface area contributed by atoms with Gasteiger partial charge >= 0.3 is 0 Å². The van der Waals surface area contributed by atoms with Gasteiger partial charge in [-0.2, -0.15) is 0 Å². The van der Waals surface area contributed by atoms with E-state index >= 15 is 0 Å². The van der Waals surface area contributed by atoms with Crippen molar-refractivity contribution >= 4 is 15.9 Å². The molecule has 0 radical (unpaired) electrons. The normalized spacial score (nSPS) is 19.4. The van der Waals surface area contributed by atoms with Crippen LogP contribution in [0.1, 0.15) is 31.4 Å². The van der Waals surface area contributed by atoms with Gasteiger partial charge in [0.15, 0.2) is 0 Å². The first-order chi connectivity index (χ1) is 7.56. The molecule has 0 aromatic heterocycles. The first kappa shape index (κ1) is 11.9. The van der Waals surface area contributed by atoms with Crippen LogP contribution in [-0.4, -0.2) is 22.4 Å². The van der Waals surface area contributed by atoms with Crippen LogP contribution >= 0.6 is 15.9 Å². The number of hydrogen-bond acceptors (Lipinski definition) is 3. The first-order valence-corrected chi connectivity index (χ1v) is 6.23. The molecule has 1 unspecified atom stereocenters. The van der Waals surface area contributed by atoms with Crippen LogP contribution in [0, 0.1) is 0 Å². The molecule has 88 valence electrons. The molecule has 3 nitrogen and oxygen atoms in total. The van der Waals surface area contributed by atoms with Crippen LogP contribution in [0.25, 0.3) is 0 Å². The van der Waals surface area contributed by atoms with E-state index in [0.29, 0.717) is 0 Å². The Bertz CT molecular complexity index is 391. The molecule has 0 heterocycles.